The number of halogens is 3. The Morgan fingerprint density at radius 2 is 1.77 bits per heavy atom. The second kappa shape index (κ2) is 8.36. The first kappa shape index (κ1) is 18.5. The molecule has 2 aromatic heterocycles. The Morgan fingerprint density at radius 3 is 2.46 bits per heavy atom. The minimum absolute atomic E-state index is 0.311. The fourth-order valence-electron chi connectivity index (χ4n) is 2.33. The van der Waals surface area contributed by atoms with E-state index < -0.39 is 0 Å². The molecule has 0 bridgehead atoms. The molecule has 0 aliphatic carbocycles. The summed E-state index contributed by atoms with van der Waals surface area (Å²) in [5, 5.41) is 4.27. The molecule has 0 saturated heterocycles. The maximum atomic E-state index is 11.8. The minimum Gasteiger partial charge on any atom is -0.364 e. The zero-order chi connectivity index (χ0) is 18.5. The summed E-state index contributed by atoms with van der Waals surface area (Å²) in [6.45, 7) is 0.497. The van der Waals surface area contributed by atoms with Crippen molar-refractivity contribution in [3.63, 3.8) is 0 Å². The molecular weight excluding hydrogens is 395 g/mol. The van der Waals surface area contributed by atoms with Crippen molar-refractivity contribution in [3.8, 4) is 0 Å². The number of hydrogen-bond acceptors (Lipinski definition) is 4. The summed E-state index contributed by atoms with van der Waals surface area (Å²) in [6.07, 6.45) is 4.09. The van der Waals surface area contributed by atoms with Crippen molar-refractivity contribution in [2.45, 2.75) is 6.54 Å². The normalized spacial score (nSPS) is 10.4. The van der Waals surface area contributed by atoms with Crippen molar-refractivity contribution in [2.24, 2.45) is 0 Å². The molecule has 0 fully saturated rings. The van der Waals surface area contributed by atoms with Gasteiger partial charge in [-0.25, -0.2) is 4.98 Å². The molecule has 3 rings (SSSR count). The fourth-order valence-corrected chi connectivity index (χ4v) is 2.77. The summed E-state index contributed by atoms with van der Waals surface area (Å²) in [4.78, 5) is 21.5. The third-order valence-electron chi connectivity index (χ3n) is 3.60. The number of carbonyl (C=O) groups is 1. The first-order chi connectivity index (χ1) is 12.6. The van der Waals surface area contributed by atoms with Crippen molar-refractivity contribution in [3.05, 3.63) is 75.6 Å². The van der Waals surface area contributed by atoms with E-state index in [4.69, 9.17) is 34.8 Å². The lowest BCUT2D eigenvalue weighted by Gasteiger charge is -2.21. The third-order valence-corrected chi connectivity index (χ3v) is 4.55. The van der Waals surface area contributed by atoms with Crippen LogP contribution in [0.3, 0.4) is 0 Å². The summed E-state index contributed by atoms with van der Waals surface area (Å²) in [7, 11) is 0. The van der Waals surface area contributed by atoms with Crippen molar-refractivity contribution in [1.29, 1.82) is 0 Å². The van der Waals surface area contributed by atoms with Crippen LogP contribution in [-0.2, 0) is 11.3 Å². The summed E-state index contributed by atoms with van der Waals surface area (Å²) in [6, 6.07) is 12.0. The van der Waals surface area contributed by atoms with Gasteiger partial charge in [-0.3, -0.25) is 14.7 Å². The van der Waals surface area contributed by atoms with Crippen molar-refractivity contribution in [2.75, 3.05) is 10.2 Å². The van der Waals surface area contributed by atoms with Crippen molar-refractivity contribution < 1.29 is 4.79 Å². The topological polar surface area (TPSA) is 58.1 Å². The standard InChI is InChI=1S/C18H13Cl3N4O/c19-14-2-1-13(9-15(14)20)25(11-26)16-3-4-17(21)24-18(16)23-10-12-5-7-22-8-6-12/h1-9,11H,10H2,(H,23,24). The Hall–Kier alpha value is -2.34. The average molecular weight is 408 g/mol. The zero-order valence-electron chi connectivity index (χ0n) is 13.4. The highest BCUT2D eigenvalue weighted by Gasteiger charge is 2.16. The van der Waals surface area contributed by atoms with Gasteiger partial charge in [-0.1, -0.05) is 34.8 Å². The van der Waals surface area contributed by atoms with E-state index in [1.165, 1.54) is 4.90 Å². The zero-order valence-corrected chi connectivity index (χ0v) is 15.6. The molecule has 5 nitrogen and oxygen atoms in total. The monoisotopic (exact) mass is 406 g/mol. The molecule has 132 valence electrons. The highest BCUT2D eigenvalue weighted by molar-refractivity contribution is 6.42. The second-order valence-corrected chi connectivity index (χ2v) is 6.49. The Balaban J connectivity index is 1.94. The molecule has 0 aliphatic rings. The molecule has 1 amide bonds. The lowest BCUT2D eigenvalue weighted by atomic mass is 10.2. The summed E-state index contributed by atoms with van der Waals surface area (Å²) in [5.41, 5.74) is 2.11. The summed E-state index contributed by atoms with van der Waals surface area (Å²) in [5.74, 6) is 0.465. The number of carbonyl (C=O) groups excluding carboxylic acids is 1. The van der Waals surface area contributed by atoms with Gasteiger partial charge in [0.1, 0.15) is 5.15 Å². The van der Waals surface area contributed by atoms with E-state index in [0.29, 0.717) is 45.3 Å². The number of aromatic nitrogens is 2. The first-order valence-corrected chi connectivity index (χ1v) is 8.71. The van der Waals surface area contributed by atoms with E-state index in [2.05, 4.69) is 15.3 Å². The fraction of sp³-hybridized carbons (Fsp3) is 0.0556. The number of benzene rings is 1. The van der Waals surface area contributed by atoms with Crippen LogP contribution in [0.2, 0.25) is 15.2 Å². The van der Waals surface area contributed by atoms with Gasteiger partial charge >= 0.3 is 0 Å². The van der Waals surface area contributed by atoms with E-state index in [-0.39, 0.29) is 0 Å². The summed E-state index contributed by atoms with van der Waals surface area (Å²) >= 11 is 18.1. The highest BCUT2D eigenvalue weighted by Crippen LogP contribution is 2.34. The quantitative estimate of drug-likeness (QED) is 0.442. The van der Waals surface area contributed by atoms with Gasteiger partial charge < -0.3 is 5.32 Å². The molecule has 0 saturated carbocycles. The molecule has 1 aromatic carbocycles. The number of nitrogens with one attached hydrogen (secondary N) is 1. The second-order valence-electron chi connectivity index (χ2n) is 5.28. The molecule has 8 heteroatoms. The molecule has 2 heterocycles. The number of hydrogen-bond donors (Lipinski definition) is 1. The average Bonchev–Trinajstić information content (AvgIpc) is 2.65. The minimum atomic E-state index is 0.311. The van der Waals surface area contributed by atoms with Crippen LogP contribution in [0.4, 0.5) is 17.2 Å². The molecule has 0 unspecified atom stereocenters. The number of anilines is 3. The lowest BCUT2D eigenvalue weighted by molar-refractivity contribution is -0.106. The van der Waals surface area contributed by atoms with Gasteiger partial charge in [0.15, 0.2) is 5.82 Å². The molecule has 26 heavy (non-hydrogen) atoms. The predicted octanol–water partition coefficient (Wildman–Crippen LogP) is 5.34. The molecule has 3 aromatic rings. The van der Waals surface area contributed by atoms with Crippen LogP contribution in [0.15, 0.2) is 54.9 Å². The van der Waals surface area contributed by atoms with Gasteiger partial charge in [0.2, 0.25) is 6.41 Å². The maximum Gasteiger partial charge on any atom is 0.218 e. The van der Waals surface area contributed by atoms with E-state index in [9.17, 15) is 4.79 Å². The Morgan fingerprint density at radius 1 is 1.00 bits per heavy atom. The predicted molar refractivity (Wildman–Crippen MR) is 105 cm³/mol. The van der Waals surface area contributed by atoms with Crippen molar-refractivity contribution in [1.82, 2.24) is 9.97 Å². The van der Waals surface area contributed by atoms with E-state index >= 15 is 0 Å². The molecule has 1 N–H and O–H groups in total. The third kappa shape index (κ3) is 4.25. The SMILES string of the molecule is O=CN(c1ccc(Cl)c(Cl)c1)c1ccc(Cl)nc1NCc1ccncc1. The van der Waals surface area contributed by atoms with Crippen molar-refractivity contribution >= 4 is 58.4 Å². The van der Waals surface area contributed by atoms with E-state index in [1.807, 2.05) is 12.1 Å². The Labute approximate surface area is 165 Å². The number of pyridine rings is 2. The van der Waals surface area contributed by atoms with Gasteiger partial charge in [0.05, 0.1) is 21.4 Å². The van der Waals surface area contributed by atoms with Gasteiger partial charge in [0.25, 0.3) is 0 Å². The molecule has 0 radical (unpaired) electrons. The number of nitrogens with zero attached hydrogens (tertiary/aromatic N) is 3. The smallest absolute Gasteiger partial charge is 0.218 e. The molecular formula is C18H13Cl3N4O. The van der Waals surface area contributed by atoms with Crippen LogP contribution >= 0.6 is 34.8 Å². The van der Waals surface area contributed by atoms with E-state index in [1.54, 1.807) is 42.7 Å². The van der Waals surface area contributed by atoms with Crippen LogP contribution in [0, 0.1) is 0 Å². The van der Waals surface area contributed by atoms with Gasteiger partial charge in [-0.05, 0) is 48.0 Å². The van der Waals surface area contributed by atoms with Crippen LogP contribution in [0.25, 0.3) is 0 Å². The highest BCUT2D eigenvalue weighted by atomic mass is 35.5. The molecule has 0 spiro atoms. The van der Waals surface area contributed by atoms with Crippen LogP contribution < -0.4 is 10.2 Å². The van der Waals surface area contributed by atoms with Crippen LogP contribution in [0.5, 0.6) is 0 Å². The molecule has 0 aliphatic heterocycles. The van der Waals surface area contributed by atoms with Gasteiger partial charge in [-0.15, -0.1) is 0 Å². The van der Waals surface area contributed by atoms with Gasteiger partial charge in [0, 0.05) is 18.9 Å². The lowest BCUT2D eigenvalue weighted by Crippen LogP contribution is -2.17. The van der Waals surface area contributed by atoms with Crippen LogP contribution in [-0.4, -0.2) is 16.4 Å². The summed E-state index contributed by atoms with van der Waals surface area (Å²) < 4.78 is 0. The largest absolute Gasteiger partial charge is 0.364 e. The Bertz CT molecular complexity index is 922. The van der Waals surface area contributed by atoms with Crippen LogP contribution in [0.1, 0.15) is 5.56 Å². The van der Waals surface area contributed by atoms with E-state index in [0.717, 1.165) is 5.56 Å². The first-order valence-electron chi connectivity index (χ1n) is 7.57. The number of amides is 1. The molecule has 0 atom stereocenters. The Kier molecular flexibility index (Phi) is 5.93. The van der Waals surface area contributed by atoms with Gasteiger partial charge in [-0.2, -0.15) is 0 Å². The number of rotatable bonds is 6. The maximum absolute atomic E-state index is 11.8.